The molecule has 4 N–H and O–H groups in total. The van der Waals surface area contributed by atoms with Crippen LogP contribution in [0.4, 0.5) is 0 Å². The molecule has 0 aliphatic heterocycles. The zero-order chi connectivity index (χ0) is 16.5. The molecular formula is C14H17ClN2O5. The fraction of sp³-hybridized carbons (Fsp3) is 0.357. The Morgan fingerprint density at radius 2 is 1.86 bits per heavy atom. The number of ether oxygens (including phenoxy) is 1. The van der Waals surface area contributed by atoms with E-state index in [1.165, 1.54) is 0 Å². The van der Waals surface area contributed by atoms with E-state index in [1.54, 1.807) is 24.3 Å². The second kappa shape index (κ2) is 8.89. The van der Waals surface area contributed by atoms with Crippen molar-refractivity contribution in [3.05, 3.63) is 29.3 Å². The van der Waals surface area contributed by atoms with E-state index >= 15 is 0 Å². The number of primary amides is 1. The van der Waals surface area contributed by atoms with Gasteiger partial charge < -0.3 is 20.9 Å². The van der Waals surface area contributed by atoms with Gasteiger partial charge in [0.05, 0.1) is 13.0 Å². The number of carboxylic acids is 1. The minimum atomic E-state index is -1.21. The molecule has 0 aliphatic carbocycles. The summed E-state index contributed by atoms with van der Waals surface area (Å²) in [6.45, 7) is 0.0929. The summed E-state index contributed by atoms with van der Waals surface area (Å²) in [7, 11) is 0. The number of carbonyl (C=O) groups is 3. The van der Waals surface area contributed by atoms with Crippen molar-refractivity contribution in [3.8, 4) is 5.75 Å². The van der Waals surface area contributed by atoms with Crippen molar-refractivity contribution in [3.63, 3.8) is 0 Å². The average molecular weight is 329 g/mol. The fourth-order valence-corrected chi connectivity index (χ4v) is 1.73. The van der Waals surface area contributed by atoms with Crippen LogP contribution in [0.15, 0.2) is 24.3 Å². The molecule has 2 amide bonds. The molecule has 7 nitrogen and oxygen atoms in total. The normalized spacial score (nSPS) is 11.5. The minimum absolute atomic E-state index is 0.0109. The van der Waals surface area contributed by atoms with E-state index in [1.807, 2.05) is 0 Å². The molecule has 0 aromatic heterocycles. The lowest BCUT2D eigenvalue weighted by Crippen LogP contribution is -2.41. The molecule has 0 radical (unpaired) electrons. The van der Waals surface area contributed by atoms with Crippen LogP contribution >= 0.6 is 11.6 Å². The van der Waals surface area contributed by atoms with Crippen LogP contribution in [0, 0.1) is 0 Å². The molecule has 0 heterocycles. The Morgan fingerprint density at radius 3 is 2.41 bits per heavy atom. The summed E-state index contributed by atoms with van der Waals surface area (Å²) in [5.74, 6) is -1.76. The highest BCUT2D eigenvalue weighted by Crippen LogP contribution is 2.15. The lowest BCUT2D eigenvalue weighted by molar-refractivity contribution is -0.142. The van der Waals surface area contributed by atoms with Crippen LogP contribution in [-0.4, -0.2) is 35.5 Å². The number of amides is 2. The van der Waals surface area contributed by atoms with Crippen LogP contribution in [0.5, 0.6) is 5.75 Å². The number of rotatable bonds is 9. The highest BCUT2D eigenvalue weighted by Gasteiger charge is 2.20. The van der Waals surface area contributed by atoms with Crippen LogP contribution in [0.3, 0.4) is 0 Å². The first-order valence-electron chi connectivity index (χ1n) is 6.57. The topological polar surface area (TPSA) is 119 Å². The summed E-state index contributed by atoms with van der Waals surface area (Å²) < 4.78 is 5.33. The monoisotopic (exact) mass is 328 g/mol. The summed E-state index contributed by atoms with van der Waals surface area (Å²) in [5.41, 5.74) is 4.95. The van der Waals surface area contributed by atoms with E-state index in [9.17, 15) is 14.4 Å². The van der Waals surface area contributed by atoms with Gasteiger partial charge in [-0.1, -0.05) is 11.6 Å². The number of carboxylic acid groups (broad SMARTS) is 1. The number of hydrogen-bond acceptors (Lipinski definition) is 4. The molecule has 1 atom stereocenters. The van der Waals surface area contributed by atoms with Gasteiger partial charge in [0.2, 0.25) is 11.8 Å². The van der Waals surface area contributed by atoms with Gasteiger partial charge in [0, 0.05) is 11.4 Å². The van der Waals surface area contributed by atoms with Crippen LogP contribution < -0.4 is 15.8 Å². The second-order valence-electron chi connectivity index (χ2n) is 4.52. The van der Waals surface area contributed by atoms with Crippen molar-refractivity contribution in [2.45, 2.75) is 25.3 Å². The third-order valence-corrected chi connectivity index (χ3v) is 2.98. The molecule has 0 saturated carbocycles. The molecule has 22 heavy (non-hydrogen) atoms. The Balaban J connectivity index is 2.35. The highest BCUT2D eigenvalue weighted by molar-refractivity contribution is 6.30. The van der Waals surface area contributed by atoms with E-state index in [0.29, 0.717) is 10.8 Å². The molecule has 1 unspecified atom stereocenters. The number of carbonyl (C=O) groups excluding carboxylic acids is 2. The Bertz CT molecular complexity index is 533. The highest BCUT2D eigenvalue weighted by atomic mass is 35.5. The third-order valence-electron chi connectivity index (χ3n) is 2.72. The molecule has 120 valence electrons. The molecule has 0 saturated heterocycles. The van der Waals surface area contributed by atoms with Crippen molar-refractivity contribution < 1.29 is 24.2 Å². The van der Waals surface area contributed by atoms with Gasteiger partial charge in [-0.25, -0.2) is 4.79 Å². The van der Waals surface area contributed by atoms with E-state index in [4.69, 9.17) is 27.2 Å². The average Bonchev–Trinajstić information content (AvgIpc) is 2.45. The molecule has 0 bridgehead atoms. The number of hydrogen-bond donors (Lipinski definition) is 3. The molecular weight excluding hydrogens is 312 g/mol. The number of halogens is 1. The van der Waals surface area contributed by atoms with Gasteiger partial charge >= 0.3 is 5.97 Å². The van der Waals surface area contributed by atoms with Crippen molar-refractivity contribution in [2.75, 3.05) is 6.61 Å². The molecule has 1 rings (SSSR count). The van der Waals surface area contributed by atoms with E-state index in [0.717, 1.165) is 0 Å². The van der Waals surface area contributed by atoms with Crippen LogP contribution in [0.1, 0.15) is 19.3 Å². The first-order valence-corrected chi connectivity index (χ1v) is 6.95. The predicted molar refractivity (Wildman–Crippen MR) is 79.6 cm³/mol. The summed E-state index contributed by atoms with van der Waals surface area (Å²) in [4.78, 5) is 33.3. The van der Waals surface area contributed by atoms with Gasteiger partial charge in [-0.05, 0) is 30.7 Å². The van der Waals surface area contributed by atoms with Gasteiger partial charge in [-0.2, -0.15) is 0 Å². The van der Waals surface area contributed by atoms with Gasteiger partial charge in [-0.15, -0.1) is 0 Å². The van der Waals surface area contributed by atoms with Gasteiger partial charge in [0.25, 0.3) is 0 Å². The second-order valence-corrected chi connectivity index (χ2v) is 4.95. The molecule has 0 fully saturated rings. The first kappa shape index (κ1) is 17.8. The molecule has 0 spiro atoms. The lowest BCUT2D eigenvalue weighted by Gasteiger charge is -2.14. The van der Waals surface area contributed by atoms with Crippen LogP contribution in [0.2, 0.25) is 5.02 Å². The minimum Gasteiger partial charge on any atom is -0.493 e. The Kier molecular flexibility index (Phi) is 7.18. The Labute approximate surface area is 132 Å². The Morgan fingerprint density at radius 1 is 1.23 bits per heavy atom. The maximum atomic E-state index is 11.7. The molecule has 8 heteroatoms. The van der Waals surface area contributed by atoms with Crippen molar-refractivity contribution in [1.82, 2.24) is 5.32 Å². The van der Waals surface area contributed by atoms with Crippen LogP contribution in [0.25, 0.3) is 0 Å². The standard InChI is InChI=1S/C14H17ClN2O5/c15-9-1-3-10(4-2-9)22-8-7-13(19)17-11(14(20)21)5-6-12(16)18/h1-4,11H,5-8H2,(H2,16,18)(H,17,19)(H,20,21). The summed E-state index contributed by atoms with van der Waals surface area (Å²) >= 11 is 5.73. The fourth-order valence-electron chi connectivity index (χ4n) is 1.60. The first-order chi connectivity index (χ1) is 10.4. The zero-order valence-corrected chi connectivity index (χ0v) is 12.5. The SMILES string of the molecule is NC(=O)CCC(NC(=O)CCOc1ccc(Cl)cc1)C(=O)O. The number of nitrogens with one attached hydrogen (secondary N) is 1. The third kappa shape index (κ3) is 6.94. The van der Waals surface area contributed by atoms with Gasteiger partial charge in [0.15, 0.2) is 0 Å². The smallest absolute Gasteiger partial charge is 0.326 e. The van der Waals surface area contributed by atoms with Gasteiger partial charge in [-0.3, -0.25) is 9.59 Å². The van der Waals surface area contributed by atoms with E-state index in [2.05, 4.69) is 5.32 Å². The predicted octanol–water partition coefficient (Wildman–Crippen LogP) is 0.944. The quantitative estimate of drug-likeness (QED) is 0.623. The van der Waals surface area contributed by atoms with Crippen molar-refractivity contribution in [1.29, 1.82) is 0 Å². The summed E-state index contributed by atoms with van der Waals surface area (Å²) in [6.07, 6.45) is -0.171. The van der Waals surface area contributed by atoms with E-state index < -0.39 is 23.8 Å². The van der Waals surface area contributed by atoms with E-state index in [-0.39, 0.29) is 25.9 Å². The van der Waals surface area contributed by atoms with Crippen LogP contribution in [-0.2, 0) is 14.4 Å². The number of aliphatic carboxylic acids is 1. The molecule has 0 aliphatic rings. The van der Waals surface area contributed by atoms with Crippen molar-refractivity contribution >= 4 is 29.4 Å². The molecule has 1 aromatic rings. The maximum Gasteiger partial charge on any atom is 0.326 e. The van der Waals surface area contributed by atoms with Crippen molar-refractivity contribution in [2.24, 2.45) is 5.73 Å². The maximum absolute atomic E-state index is 11.7. The summed E-state index contributed by atoms with van der Waals surface area (Å²) in [6, 6.07) is 5.48. The Hall–Kier alpha value is -2.28. The zero-order valence-electron chi connectivity index (χ0n) is 11.8. The van der Waals surface area contributed by atoms with Gasteiger partial charge in [0.1, 0.15) is 11.8 Å². The largest absolute Gasteiger partial charge is 0.493 e. The number of nitrogens with two attached hydrogens (primary N) is 1. The number of benzene rings is 1. The summed E-state index contributed by atoms with van der Waals surface area (Å²) in [5, 5.41) is 11.8. The molecule has 1 aromatic carbocycles. The lowest BCUT2D eigenvalue weighted by atomic mass is 10.1.